The second kappa shape index (κ2) is 4.09. The van der Waals surface area contributed by atoms with Crippen LogP contribution in [0.5, 0.6) is 0 Å². The summed E-state index contributed by atoms with van der Waals surface area (Å²) in [5.41, 5.74) is -1.09. The van der Waals surface area contributed by atoms with Crippen molar-refractivity contribution < 1.29 is 14.6 Å². The van der Waals surface area contributed by atoms with Crippen LogP contribution in [0.25, 0.3) is 0 Å². The highest BCUT2D eigenvalue weighted by Crippen LogP contribution is 2.14. The maximum Gasteiger partial charge on any atom is 0.507 e. The number of alkyl halides is 1. The summed E-state index contributed by atoms with van der Waals surface area (Å²) in [7, 11) is 0. The van der Waals surface area contributed by atoms with Gasteiger partial charge in [-0.15, -0.1) is 18.0 Å². The monoisotopic (exact) mass is 176 g/mol. The van der Waals surface area contributed by atoms with Crippen LogP contribution in [-0.4, -0.2) is 22.7 Å². The third-order valence-corrected chi connectivity index (χ3v) is 1.38. The van der Waals surface area contributed by atoms with E-state index in [4.69, 9.17) is 23.1 Å². The summed E-state index contributed by atoms with van der Waals surface area (Å²) in [6.45, 7) is 1.50. The van der Waals surface area contributed by atoms with Crippen molar-refractivity contribution >= 4 is 17.8 Å². The van der Waals surface area contributed by atoms with Crippen molar-refractivity contribution in [1.29, 1.82) is 0 Å². The number of rotatable bonds is 3. The molecule has 0 radical (unpaired) electrons. The van der Waals surface area contributed by atoms with Crippen LogP contribution < -0.4 is 0 Å². The number of hydrogen-bond donors (Lipinski definition) is 1. The Hall–Kier alpha value is -0.880. The molecule has 0 amide bonds. The van der Waals surface area contributed by atoms with E-state index in [2.05, 4.69) is 10.7 Å². The van der Waals surface area contributed by atoms with Crippen LogP contribution in [0.1, 0.15) is 13.3 Å². The zero-order chi connectivity index (χ0) is 8.91. The van der Waals surface area contributed by atoms with Gasteiger partial charge in [0.15, 0.2) is 5.60 Å². The fourth-order valence-corrected chi connectivity index (χ4v) is 0.886. The molecule has 0 aliphatic rings. The third-order valence-electron chi connectivity index (χ3n) is 1.19. The van der Waals surface area contributed by atoms with E-state index in [1.165, 1.54) is 6.92 Å². The van der Waals surface area contributed by atoms with Crippen molar-refractivity contribution in [3.63, 3.8) is 0 Å². The van der Waals surface area contributed by atoms with Crippen LogP contribution in [-0.2, 0) is 4.74 Å². The molecule has 0 heterocycles. The molecule has 0 spiro atoms. The molecule has 3 nitrogen and oxygen atoms in total. The molecular formula is C7H9ClO3. The summed E-state index contributed by atoms with van der Waals surface area (Å²) in [5, 5.41) is 8.25. The third kappa shape index (κ3) is 3.74. The lowest BCUT2D eigenvalue weighted by atomic mass is 10.1. The number of carboxylic acid groups (broad SMARTS) is 1. The van der Waals surface area contributed by atoms with Gasteiger partial charge in [0.1, 0.15) is 0 Å². The molecule has 4 heteroatoms. The second-order valence-electron chi connectivity index (χ2n) is 2.18. The van der Waals surface area contributed by atoms with E-state index in [0.29, 0.717) is 6.42 Å². The van der Waals surface area contributed by atoms with Gasteiger partial charge < -0.3 is 9.84 Å². The summed E-state index contributed by atoms with van der Waals surface area (Å²) in [4.78, 5) is 10.1. The van der Waals surface area contributed by atoms with Crippen LogP contribution in [0.4, 0.5) is 4.79 Å². The molecule has 0 aromatic carbocycles. The van der Waals surface area contributed by atoms with Gasteiger partial charge in [0.05, 0.1) is 0 Å². The first-order chi connectivity index (χ1) is 5.04. The minimum atomic E-state index is -1.38. The van der Waals surface area contributed by atoms with Gasteiger partial charge in [-0.25, -0.2) is 4.79 Å². The highest BCUT2D eigenvalue weighted by atomic mass is 35.5. The van der Waals surface area contributed by atoms with Crippen molar-refractivity contribution in [3.05, 3.63) is 0 Å². The molecule has 11 heavy (non-hydrogen) atoms. The van der Waals surface area contributed by atoms with Crippen LogP contribution >= 0.6 is 11.6 Å². The van der Waals surface area contributed by atoms with E-state index < -0.39 is 11.8 Å². The molecular weight excluding hydrogens is 168 g/mol. The van der Waals surface area contributed by atoms with Crippen molar-refractivity contribution in [1.82, 2.24) is 0 Å². The first kappa shape index (κ1) is 10.1. The van der Waals surface area contributed by atoms with Crippen LogP contribution in [0.3, 0.4) is 0 Å². The molecule has 0 aromatic heterocycles. The normalized spacial score (nSPS) is 14.6. The zero-order valence-electron chi connectivity index (χ0n) is 6.13. The maximum absolute atomic E-state index is 10.1. The van der Waals surface area contributed by atoms with Crippen LogP contribution in [0.15, 0.2) is 0 Å². The van der Waals surface area contributed by atoms with Crippen molar-refractivity contribution in [3.8, 4) is 12.3 Å². The fraction of sp³-hybridized carbons (Fsp3) is 0.571. The first-order valence-corrected chi connectivity index (χ1v) is 3.53. The molecule has 1 unspecified atom stereocenters. The predicted molar refractivity (Wildman–Crippen MR) is 41.7 cm³/mol. The SMILES string of the molecule is C#CC(C)(CCCl)OC(=O)O. The molecule has 0 aromatic rings. The van der Waals surface area contributed by atoms with Gasteiger partial charge in [0, 0.05) is 12.3 Å². The van der Waals surface area contributed by atoms with Gasteiger partial charge >= 0.3 is 6.16 Å². The number of carbonyl (C=O) groups is 1. The quantitative estimate of drug-likeness (QED) is 0.405. The minimum Gasteiger partial charge on any atom is -0.450 e. The Morgan fingerprint density at radius 2 is 2.45 bits per heavy atom. The maximum atomic E-state index is 10.1. The summed E-state index contributed by atoms with van der Waals surface area (Å²) >= 11 is 5.38. The first-order valence-electron chi connectivity index (χ1n) is 3.00. The van der Waals surface area contributed by atoms with Crippen molar-refractivity contribution in [2.75, 3.05) is 5.88 Å². The molecule has 1 N–H and O–H groups in total. The smallest absolute Gasteiger partial charge is 0.450 e. The lowest BCUT2D eigenvalue weighted by molar-refractivity contribution is 0.0247. The van der Waals surface area contributed by atoms with E-state index >= 15 is 0 Å². The van der Waals surface area contributed by atoms with Gasteiger partial charge in [-0.3, -0.25) is 0 Å². The molecule has 0 aliphatic heterocycles. The molecule has 0 fully saturated rings. The van der Waals surface area contributed by atoms with Gasteiger partial charge in [-0.2, -0.15) is 0 Å². The van der Waals surface area contributed by atoms with E-state index in [9.17, 15) is 4.79 Å². The lowest BCUT2D eigenvalue weighted by Gasteiger charge is -2.20. The van der Waals surface area contributed by atoms with Gasteiger partial charge in [0.25, 0.3) is 0 Å². The average Bonchev–Trinajstić information content (AvgIpc) is 1.87. The summed E-state index contributed by atoms with van der Waals surface area (Å²) in [5.74, 6) is 2.50. The number of terminal acetylenes is 1. The van der Waals surface area contributed by atoms with Crippen molar-refractivity contribution in [2.24, 2.45) is 0 Å². The highest BCUT2D eigenvalue weighted by Gasteiger charge is 2.24. The minimum absolute atomic E-state index is 0.272. The van der Waals surface area contributed by atoms with Crippen molar-refractivity contribution in [2.45, 2.75) is 18.9 Å². The Morgan fingerprint density at radius 1 is 1.91 bits per heavy atom. The average molecular weight is 177 g/mol. The van der Waals surface area contributed by atoms with Gasteiger partial charge in [-0.05, 0) is 6.92 Å². The molecule has 0 saturated heterocycles. The second-order valence-corrected chi connectivity index (χ2v) is 2.56. The topological polar surface area (TPSA) is 46.5 Å². The largest absolute Gasteiger partial charge is 0.507 e. The predicted octanol–water partition coefficient (Wildman–Crippen LogP) is 1.70. The standard InChI is InChI=1S/C7H9ClO3/c1-3-7(2,4-5-8)11-6(9)10/h1H,4-5H2,2H3,(H,9,10). The lowest BCUT2D eigenvalue weighted by Crippen LogP contribution is -2.29. The molecule has 0 bridgehead atoms. The van der Waals surface area contributed by atoms with Gasteiger partial charge in [0.2, 0.25) is 0 Å². The van der Waals surface area contributed by atoms with E-state index in [1.54, 1.807) is 0 Å². The number of ether oxygens (including phenoxy) is 1. The van der Waals surface area contributed by atoms with E-state index in [0.717, 1.165) is 0 Å². The Kier molecular flexibility index (Phi) is 3.77. The molecule has 0 rings (SSSR count). The number of hydrogen-bond acceptors (Lipinski definition) is 2. The Bertz CT molecular complexity index is 185. The summed E-state index contributed by atoms with van der Waals surface area (Å²) in [6, 6.07) is 0. The Labute approximate surface area is 70.3 Å². The summed E-state index contributed by atoms with van der Waals surface area (Å²) in [6.07, 6.45) is 3.98. The molecule has 0 saturated carbocycles. The molecule has 1 atom stereocenters. The fourth-order valence-electron chi connectivity index (χ4n) is 0.526. The number of halogens is 1. The molecule has 0 aliphatic carbocycles. The van der Waals surface area contributed by atoms with E-state index in [-0.39, 0.29) is 5.88 Å². The highest BCUT2D eigenvalue weighted by molar-refractivity contribution is 6.17. The zero-order valence-corrected chi connectivity index (χ0v) is 6.89. The van der Waals surface area contributed by atoms with Crippen LogP contribution in [0.2, 0.25) is 0 Å². The van der Waals surface area contributed by atoms with Gasteiger partial charge in [-0.1, -0.05) is 5.92 Å². The summed E-state index contributed by atoms with van der Waals surface area (Å²) < 4.78 is 4.42. The molecule has 62 valence electrons. The Balaban J connectivity index is 4.13. The van der Waals surface area contributed by atoms with E-state index in [1.807, 2.05) is 0 Å². The van der Waals surface area contributed by atoms with Crippen LogP contribution in [0, 0.1) is 12.3 Å². The Morgan fingerprint density at radius 3 is 2.73 bits per heavy atom.